The summed E-state index contributed by atoms with van der Waals surface area (Å²) < 4.78 is 56.9. The average Bonchev–Trinajstić information content (AvgIpc) is 3.52. The number of hydrogen-bond acceptors (Lipinski definition) is 6. The topological polar surface area (TPSA) is 81.5 Å². The van der Waals surface area contributed by atoms with Crippen molar-refractivity contribution in [1.29, 1.82) is 0 Å². The molecule has 2 saturated carbocycles. The summed E-state index contributed by atoms with van der Waals surface area (Å²) in [7, 11) is 3.53. The molecule has 3 aromatic rings. The summed E-state index contributed by atoms with van der Waals surface area (Å²) >= 11 is 0. The minimum absolute atomic E-state index is 0.00642. The average molecular weight is 610 g/mol. The molecule has 1 aliphatic heterocycles. The summed E-state index contributed by atoms with van der Waals surface area (Å²) in [5, 5.41) is 11.9. The van der Waals surface area contributed by atoms with Gasteiger partial charge >= 0.3 is 6.18 Å². The number of aryl methyl sites for hydroxylation is 1. The molecule has 6 rings (SSSR count). The summed E-state index contributed by atoms with van der Waals surface area (Å²) in [4.78, 5) is 15.4. The summed E-state index contributed by atoms with van der Waals surface area (Å²) in [6.07, 6.45) is 2.62. The van der Waals surface area contributed by atoms with Gasteiger partial charge in [-0.25, -0.2) is 0 Å². The molecule has 2 heterocycles. The first kappa shape index (κ1) is 30.3. The molecule has 2 aliphatic carbocycles. The van der Waals surface area contributed by atoms with Crippen LogP contribution in [-0.4, -0.2) is 45.5 Å². The van der Waals surface area contributed by atoms with Crippen LogP contribution in [0.25, 0.3) is 0 Å². The number of fused-ring (bicyclic) bond motifs is 1. The summed E-state index contributed by atoms with van der Waals surface area (Å²) in [5.41, 5.74) is 0.338. The molecule has 0 spiro atoms. The Hall–Kier alpha value is -3.70. The second kappa shape index (κ2) is 11.0. The largest absolute Gasteiger partial charge is 0.487 e. The molecule has 1 amide bonds. The van der Waals surface area contributed by atoms with E-state index in [9.17, 15) is 18.0 Å². The van der Waals surface area contributed by atoms with E-state index in [0.717, 1.165) is 30.7 Å². The Bertz CT molecular complexity index is 1590. The van der Waals surface area contributed by atoms with Crippen LogP contribution in [0.2, 0.25) is 0 Å². The molecule has 0 radical (unpaired) electrons. The molecular formula is C33H38F3N5O3. The molecule has 0 saturated heterocycles. The Balaban J connectivity index is 1.41. The number of alkyl halides is 3. The zero-order chi connectivity index (χ0) is 31.4. The number of nitrogens with zero attached hydrogens (tertiary/aromatic N) is 4. The van der Waals surface area contributed by atoms with E-state index in [1.807, 2.05) is 30.7 Å². The van der Waals surface area contributed by atoms with Crippen LogP contribution in [0.5, 0.6) is 5.75 Å². The Morgan fingerprint density at radius 3 is 2.55 bits per heavy atom. The van der Waals surface area contributed by atoms with Crippen LogP contribution in [0.1, 0.15) is 84.4 Å². The van der Waals surface area contributed by atoms with Crippen LogP contribution in [-0.2, 0) is 36.5 Å². The number of methoxy groups -OCH3 is 1. The molecular weight excluding hydrogens is 571 g/mol. The van der Waals surface area contributed by atoms with Crippen molar-refractivity contribution in [3.63, 3.8) is 0 Å². The number of amides is 1. The minimum atomic E-state index is -4.61. The van der Waals surface area contributed by atoms with Gasteiger partial charge in [0.1, 0.15) is 24.0 Å². The molecule has 0 bridgehead atoms. The summed E-state index contributed by atoms with van der Waals surface area (Å²) in [6.45, 7) is 7.78. The van der Waals surface area contributed by atoms with Gasteiger partial charge in [0.15, 0.2) is 0 Å². The number of carbonyl (C=O) groups is 1. The lowest BCUT2D eigenvalue weighted by atomic mass is 9.62. The SMILES string of the molecule is C=C[C@@H](C)Oc1cc(N2Cc3c(cc(CNC4(C)CCC4)cc3C(F)(F)F)C2=O)cc([C@]2(c3nncn3C)C[C@@H](OC)C2)c1. The van der Waals surface area contributed by atoms with Gasteiger partial charge in [-0.15, -0.1) is 10.2 Å². The van der Waals surface area contributed by atoms with Crippen LogP contribution in [0.4, 0.5) is 18.9 Å². The van der Waals surface area contributed by atoms with E-state index in [1.54, 1.807) is 31.6 Å². The van der Waals surface area contributed by atoms with Gasteiger partial charge in [-0.05, 0) is 86.9 Å². The first-order valence-electron chi connectivity index (χ1n) is 15.0. The van der Waals surface area contributed by atoms with Crippen LogP contribution in [0, 0.1) is 0 Å². The Labute approximate surface area is 255 Å². The highest BCUT2D eigenvalue weighted by atomic mass is 19.4. The van der Waals surface area contributed by atoms with Crippen molar-refractivity contribution in [3.05, 3.63) is 83.0 Å². The van der Waals surface area contributed by atoms with Gasteiger partial charge in [0.05, 0.1) is 23.6 Å². The van der Waals surface area contributed by atoms with E-state index in [-0.39, 0.29) is 42.0 Å². The number of aromatic nitrogens is 3. The van der Waals surface area contributed by atoms with E-state index in [0.29, 0.717) is 29.8 Å². The Morgan fingerprint density at radius 2 is 1.95 bits per heavy atom. The molecule has 1 atom stereocenters. The van der Waals surface area contributed by atoms with Crippen molar-refractivity contribution in [2.75, 3.05) is 12.0 Å². The van der Waals surface area contributed by atoms with Crippen LogP contribution in [0.15, 0.2) is 49.3 Å². The predicted octanol–water partition coefficient (Wildman–Crippen LogP) is 6.07. The van der Waals surface area contributed by atoms with Crippen molar-refractivity contribution < 1.29 is 27.4 Å². The smallest absolute Gasteiger partial charge is 0.416 e. The minimum Gasteiger partial charge on any atom is -0.487 e. The molecule has 11 heteroatoms. The number of ether oxygens (including phenoxy) is 2. The number of anilines is 1. The van der Waals surface area contributed by atoms with Crippen LogP contribution >= 0.6 is 0 Å². The highest BCUT2D eigenvalue weighted by Crippen LogP contribution is 2.51. The molecule has 0 unspecified atom stereocenters. The van der Waals surface area contributed by atoms with Crippen LogP contribution in [0.3, 0.4) is 0 Å². The number of halogens is 3. The van der Waals surface area contributed by atoms with Gasteiger partial charge in [-0.1, -0.05) is 12.7 Å². The standard InChI is InChI=1S/C33H38F3N5O3/c1-6-20(2)44-24-13-22(32(15-25(16-32)43-5)30-39-38-19-40(30)4)12-23(14-24)41-18-27-26(29(41)42)10-21(11-28(27)33(34,35)36)17-37-31(3)8-7-9-31/h6,10-14,19-20,25,37H,1,7-9,15-18H2,2-5H3/t20-,25-,32+/m1/s1. The fourth-order valence-corrected chi connectivity index (χ4v) is 6.73. The van der Waals surface area contributed by atoms with Crippen molar-refractivity contribution in [3.8, 4) is 5.75 Å². The maximum Gasteiger partial charge on any atom is 0.416 e. The third-order valence-corrected chi connectivity index (χ3v) is 9.62. The van der Waals surface area contributed by atoms with Crippen molar-refractivity contribution in [2.24, 2.45) is 7.05 Å². The first-order chi connectivity index (χ1) is 20.9. The lowest BCUT2D eigenvalue weighted by molar-refractivity contribution is -0.138. The number of carbonyl (C=O) groups excluding carboxylic acids is 1. The van der Waals surface area contributed by atoms with Crippen molar-refractivity contribution in [1.82, 2.24) is 20.1 Å². The maximum atomic E-state index is 14.4. The molecule has 44 heavy (non-hydrogen) atoms. The van der Waals surface area contributed by atoms with Gasteiger partial charge in [0.2, 0.25) is 0 Å². The highest BCUT2D eigenvalue weighted by Gasteiger charge is 2.51. The van der Waals surface area contributed by atoms with Gasteiger partial charge in [0, 0.05) is 43.6 Å². The third kappa shape index (κ3) is 5.30. The number of rotatable bonds is 10. The van der Waals surface area contributed by atoms with E-state index in [2.05, 4.69) is 29.0 Å². The maximum absolute atomic E-state index is 14.4. The number of benzene rings is 2. The van der Waals surface area contributed by atoms with Gasteiger partial charge in [-0.2, -0.15) is 13.2 Å². The number of hydrogen-bond donors (Lipinski definition) is 1. The van der Waals surface area contributed by atoms with Crippen molar-refractivity contribution >= 4 is 11.6 Å². The lowest BCUT2D eigenvalue weighted by Gasteiger charge is -2.46. The Morgan fingerprint density at radius 1 is 1.20 bits per heavy atom. The highest BCUT2D eigenvalue weighted by molar-refractivity contribution is 6.10. The van der Waals surface area contributed by atoms with E-state index in [4.69, 9.17) is 9.47 Å². The van der Waals surface area contributed by atoms with E-state index in [1.165, 1.54) is 11.0 Å². The zero-order valence-electron chi connectivity index (χ0n) is 25.5. The van der Waals surface area contributed by atoms with Crippen molar-refractivity contribution in [2.45, 2.75) is 88.4 Å². The lowest BCUT2D eigenvalue weighted by Crippen LogP contribution is -2.48. The molecule has 2 aromatic carbocycles. The second-order valence-electron chi connectivity index (χ2n) is 12.7. The molecule has 3 aliphatic rings. The third-order valence-electron chi connectivity index (χ3n) is 9.62. The van der Waals surface area contributed by atoms with Gasteiger partial charge in [0.25, 0.3) is 5.91 Å². The second-order valence-corrected chi connectivity index (χ2v) is 12.7. The monoisotopic (exact) mass is 609 g/mol. The first-order valence-corrected chi connectivity index (χ1v) is 15.0. The number of nitrogens with one attached hydrogen (secondary N) is 1. The zero-order valence-corrected chi connectivity index (χ0v) is 25.5. The van der Waals surface area contributed by atoms with E-state index < -0.39 is 23.1 Å². The Kier molecular flexibility index (Phi) is 7.60. The predicted molar refractivity (Wildman–Crippen MR) is 160 cm³/mol. The fourth-order valence-electron chi connectivity index (χ4n) is 6.73. The quantitative estimate of drug-likeness (QED) is 0.281. The summed E-state index contributed by atoms with van der Waals surface area (Å²) in [6, 6.07) is 8.27. The van der Waals surface area contributed by atoms with E-state index >= 15 is 0 Å². The van der Waals surface area contributed by atoms with Gasteiger partial charge < -0.3 is 24.3 Å². The molecule has 1 aromatic heterocycles. The summed E-state index contributed by atoms with van der Waals surface area (Å²) in [5.74, 6) is 0.738. The molecule has 8 nitrogen and oxygen atoms in total. The fraction of sp³-hybridized carbons (Fsp3) is 0.485. The van der Waals surface area contributed by atoms with Crippen LogP contribution < -0.4 is 15.0 Å². The molecule has 1 N–H and O–H groups in total. The molecule has 234 valence electrons. The van der Waals surface area contributed by atoms with Gasteiger partial charge in [-0.3, -0.25) is 4.79 Å². The molecule has 2 fully saturated rings. The normalized spacial score (nSPS) is 23.1.